The van der Waals surface area contributed by atoms with Crippen LogP contribution >= 0.6 is 0 Å². The number of rotatable bonds is 13. The van der Waals surface area contributed by atoms with Gasteiger partial charge < -0.3 is 5.73 Å². The molecule has 22 nitrogen and oxygen atoms in total. The monoisotopic (exact) mass is 1600 g/mol. The van der Waals surface area contributed by atoms with Crippen molar-refractivity contribution in [3.63, 3.8) is 0 Å². The molecule has 9 aromatic heterocycles. The van der Waals surface area contributed by atoms with Crippen LogP contribution < -0.4 is 15.2 Å². The van der Waals surface area contributed by atoms with Crippen LogP contribution in [0.5, 0.6) is 0 Å². The van der Waals surface area contributed by atoms with E-state index >= 15 is 0 Å². The fraction of sp³-hybridized carbons (Fsp3) is 0.267. The first kappa shape index (κ1) is 77.1. The smallest absolute Gasteiger partial charge is 0.231 e. The summed E-state index contributed by atoms with van der Waals surface area (Å²) in [4.78, 5) is 31.9. The topological polar surface area (TPSA) is 334 Å². The molecule has 582 valence electrons. The van der Waals surface area contributed by atoms with E-state index in [4.69, 9.17) is 27.1 Å². The average molecular weight is 1600 g/mol. The Morgan fingerprint density at radius 1 is 0.431 bits per heavy atom. The largest absolute Gasteiger partial charge is 0.383 e. The van der Waals surface area contributed by atoms with Gasteiger partial charge in [0.15, 0.2) is 17.5 Å². The maximum absolute atomic E-state index is 14.6. The summed E-state index contributed by atoms with van der Waals surface area (Å²) >= 11 is 0. The third-order valence-corrected chi connectivity index (χ3v) is 25.9. The van der Waals surface area contributed by atoms with Gasteiger partial charge in [0.25, 0.3) is 0 Å². The first-order valence-corrected chi connectivity index (χ1v) is 40.7. The molecule has 3 fully saturated rings. The van der Waals surface area contributed by atoms with Crippen LogP contribution in [0, 0.1) is 86.2 Å². The molecule has 3 aromatic carbocycles. The maximum Gasteiger partial charge on any atom is 0.231 e. The number of terminal acetylenes is 1. The Bertz CT molecular complexity index is 6200. The third-order valence-electron chi connectivity index (χ3n) is 24.8. The number of sulfonamides is 2. The third kappa shape index (κ3) is 12.2. The summed E-state index contributed by atoms with van der Waals surface area (Å²) < 4.78 is 138. The summed E-state index contributed by atoms with van der Waals surface area (Å²) in [6.07, 6.45) is 18.7. The van der Waals surface area contributed by atoms with Crippen LogP contribution in [-0.4, -0.2) is 94.8 Å². The van der Waals surface area contributed by atoms with Gasteiger partial charge in [0.1, 0.15) is 52.9 Å². The molecule has 0 spiro atoms. The molecule has 6 atom stereocenters. The molecule has 0 saturated heterocycles. The first-order chi connectivity index (χ1) is 55.2. The van der Waals surface area contributed by atoms with E-state index < -0.39 is 71.2 Å². The Morgan fingerprint density at radius 2 is 0.767 bits per heavy atom. The van der Waals surface area contributed by atoms with E-state index in [1.165, 1.54) is 73.1 Å². The SMILES string of the molecule is C#Cc1cc(-c2cccc([C@@]34CC[C@@H](c5cc(-c6c(F)cccc6F)nnc53)C4(C)C)n2)cnc1N.CC1(C)[C@H]2CC[C@]1(c1cccc(-c3cnc(NS(C)(=O)=O)c(C#N)c3)n1)c1nnc(-c3c(F)cccc3F)cc12.CC1(C)[C@H]2CC[C@]1(c1ccnc(-c3cnc(NS(C)(=O)=O)c(C#N)c3)n1)c1nnc(-c3c(F)cccc3F)cc12. The lowest BCUT2D eigenvalue weighted by Crippen LogP contribution is -2.38. The number of hydrogen-bond acceptors (Lipinski definition) is 20. The molecule has 18 rings (SSSR count). The van der Waals surface area contributed by atoms with Gasteiger partial charge in [0, 0.05) is 41.5 Å². The van der Waals surface area contributed by atoms with Crippen LogP contribution in [0.1, 0.15) is 165 Å². The van der Waals surface area contributed by atoms with Gasteiger partial charge in [-0.05, 0) is 192 Å². The molecule has 12 aromatic rings. The van der Waals surface area contributed by atoms with E-state index in [9.17, 15) is 53.7 Å². The zero-order valence-electron chi connectivity index (χ0n) is 63.6. The van der Waals surface area contributed by atoms with E-state index in [0.29, 0.717) is 39.7 Å². The minimum atomic E-state index is -3.63. The van der Waals surface area contributed by atoms with E-state index in [1.54, 1.807) is 36.7 Å². The first-order valence-electron chi connectivity index (χ1n) is 37.0. The van der Waals surface area contributed by atoms with Crippen molar-refractivity contribution in [3.05, 3.63) is 261 Å². The number of nitrogens with one attached hydrogen (secondary N) is 2. The number of benzene rings is 3. The number of fused-ring (bicyclic) bond motifs is 15. The number of nitrogen functional groups attached to an aromatic ring is 1. The van der Waals surface area contributed by atoms with Crippen molar-refractivity contribution in [1.82, 2.24) is 65.5 Å². The van der Waals surface area contributed by atoms with Crippen molar-refractivity contribution in [2.75, 3.05) is 27.7 Å². The number of hydrogen-bond donors (Lipinski definition) is 3. The normalized spacial score (nSPS) is 20.8. The van der Waals surface area contributed by atoms with Crippen LogP contribution in [-0.2, 0) is 36.3 Å². The van der Waals surface area contributed by atoms with Gasteiger partial charge in [0.2, 0.25) is 20.0 Å². The molecule has 4 N–H and O–H groups in total. The molecule has 0 unspecified atom stereocenters. The summed E-state index contributed by atoms with van der Waals surface area (Å²) in [5, 5.41) is 45.8. The summed E-state index contributed by atoms with van der Waals surface area (Å²) in [5.74, 6) is -0.717. The molecule has 6 aliphatic carbocycles. The summed E-state index contributed by atoms with van der Waals surface area (Å²) in [5.41, 5.74) is 14.4. The highest BCUT2D eigenvalue weighted by atomic mass is 32.2. The zero-order chi connectivity index (χ0) is 82.1. The molecule has 116 heavy (non-hydrogen) atoms. The molecule has 6 aliphatic rings. The van der Waals surface area contributed by atoms with Crippen LogP contribution in [0.2, 0.25) is 0 Å². The lowest BCUT2D eigenvalue weighted by Gasteiger charge is -2.37. The minimum absolute atomic E-state index is 0.0290. The second-order valence-corrected chi connectivity index (χ2v) is 35.1. The number of nitriles is 2. The number of halogens is 6. The van der Waals surface area contributed by atoms with Crippen LogP contribution in [0.4, 0.5) is 43.8 Å². The van der Waals surface area contributed by atoms with Gasteiger partial charge in [0.05, 0.1) is 125 Å². The molecule has 9 heterocycles. The summed E-state index contributed by atoms with van der Waals surface area (Å²) in [7, 11) is -7.24. The molecule has 30 heteroatoms. The Kier molecular flexibility index (Phi) is 18.6. The number of nitrogens with zero attached hydrogens (tertiary/aromatic N) is 15. The minimum Gasteiger partial charge on any atom is -0.383 e. The second-order valence-electron chi connectivity index (χ2n) is 31.6. The highest BCUT2D eigenvalue weighted by Crippen LogP contribution is 2.72. The average Bonchev–Trinajstić information content (AvgIpc) is 1.53. The van der Waals surface area contributed by atoms with Crippen LogP contribution in [0.25, 0.3) is 67.7 Å². The number of anilines is 3. The van der Waals surface area contributed by atoms with Crippen molar-refractivity contribution in [2.24, 2.45) is 16.2 Å². The van der Waals surface area contributed by atoms with Gasteiger partial charge >= 0.3 is 0 Å². The van der Waals surface area contributed by atoms with Crippen molar-refractivity contribution < 1.29 is 43.2 Å². The molecule has 6 bridgehead atoms. The molecule has 0 radical (unpaired) electrons. The van der Waals surface area contributed by atoms with Crippen LogP contribution in [0.3, 0.4) is 0 Å². The van der Waals surface area contributed by atoms with Gasteiger partial charge in [-0.1, -0.05) is 77.8 Å². The van der Waals surface area contributed by atoms with Crippen molar-refractivity contribution >= 4 is 37.5 Å². The second kappa shape index (κ2) is 28.0. The summed E-state index contributed by atoms with van der Waals surface area (Å²) in [6, 6.07) is 38.7. The Balaban J connectivity index is 0.000000131. The van der Waals surface area contributed by atoms with Gasteiger partial charge in [-0.3, -0.25) is 19.4 Å². The molecular formula is C86H70F6N18O4S2. The number of nitrogens with two attached hydrogens (primary N) is 1. The summed E-state index contributed by atoms with van der Waals surface area (Å²) in [6.45, 7) is 13.0. The highest BCUT2D eigenvalue weighted by Gasteiger charge is 2.68. The van der Waals surface area contributed by atoms with Gasteiger partial charge in [-0.2, -0.15) is 25.8 Å². The van der Waals surface area contributed by atoms with E-state index in [2.05, 4.69) is 107 Å². The van der Waals surface area contributed by atoms with E-state index in [-0.39, 0.29) is 90.5 Å². The standard InChI is InChI=1S/C29H24F2N6O2S.C29H23F2N5.C28H23F2N7O2S/c1-28(2)19-10-11-29(28,26-18(19)13-23(35-36-26)25-20(30)6-4-7-21(25)31)24-9-5-8-22(34-24)17-12-16(14-32)27(33-15-17)37-40(3,38)39;1-4-16-13-17(15-33-27(16)32)22-9-6-10-24(34-22)29-12-11-19(28(29,2)3)18-14-23(35-36-26(18)29)25-20(30)7-5-8-21(25)31;1-27(2)18-7-9-28(27,24-17(18)12-21(35-36-24)23-19(29)5-4-6-20(23)30)22-8-10-32-25(34-22)16-11-15(13-31)26(33-14-16)37-40(3,38)39/h4-9,12-13,15,19H,10-11H2,1-3H3,(H,33,37);1,5-10,13-15,19H,11-12H2,2-3H3,(H2,32,33);4-6,8,10-12,14,18H,7,9H2,1-3H3,(H,33,37)/t2*19-,29-;18-,28-/m000/s1. The van der Waals surface area contributed by atoms with Crippen molar-refractivity contribution in [3.8, 4) is 92.2 Å². The molecule has 3 saturated carbocycles. The highest BCUT2D eigenvalue weighted by molar-refractivity contribution is 7.92. The Hall–Kier alpha value is -12.9. The quantitative estimate of drug-likeness (QED) is 0.0713. The lowest BCUT2D eigenvalue weighted by molar-refractivity contribution is 0.243. The fourth-order valence-corrected chi connectivity index (χ4v) is 20.3. The van der Waals surface area contributed by atoms with Gasteiger partial charge in [-0.15, -0.1) is 21.7 Å². The zero-order valence-corrected chi connectivity index (χ0v) is 65.2. The predicted molar refractivity (Wildman–Crippen MR) is 421 cm³/mol. The van der Waals surface area contributed by atoms with Crippen molar-refractivity contribution in [1.29, 1.82) is 10.5 Å². The van der Waals surface area contributed by atoms with E-state index in [0.717, 1.165) is 107 Å². The Labute approximate surface area is 663 Å². The van der Waals surface area contributed by atoms with E-state index in [1.807, 2.05) is 60.7 Å². The molecule has 0 amide bonds. The van der Waals surface area contributed by atoms with Crippen LogP contribution in [0.15, 0.2) is 158 Å². The number of pyridine rings is 5. The predicted octanol–water partition coefficient (Wildman–Crippen LogP) is 15.7. The van der Waals surface area contributed by atoms with Gasteiger partial charge in [-0.25, -0.2) is 68.1 Å². The molecular weight excluding hydrogens is 1530 g/mol. The Morgan fingerprint density at radius 3 is 1.13 bits per heavy atom. The molecule has 0 aliphatic heterocycles. The number of aromatic nitrogens is 13. The lowest BCUT2D eigenvalue weighted by atomic mass is 9.66. The van der Waals surface area contributed by atoms with Crippen molar-refractivity contribution in [2.45, 2.75) is 114 Å². The maximum atomic E-state index is 14.6. The fourth-order valence-electron chi connectivity index (χ4n) is 19.3.